The number of benzene rings is 1. The van der Waals surface area contributed by atoms with Gasteiger partial charge in [0.1, 0.15) is 5.75 Å². The Labute approximate surface area is 158 Å². The second-order valence-electron chi connectivity index (χ2n) is 7.04. The number of carbonyl (C=O) groups is 1. The number of aromatic nitrogens is 2. The first-order valence-corrected chi connectivity index (χ1v) is 9.55. The molecular formula is C20H25ClN2O3. The zero-order chi connectivity index (χ0) is 18.5. The minimum absolute atomic E-state index is 0.0867. The monoisotopic (exact) mass is 376 g/mol. The van der Waals surface area contributed by atoms with E-state index in [0.717, 1.165) is 29.3 Å². The summed E-state index contributed by atoms with van der Waals surface area (Å²) in [5, 5.41) is 14.0. The Morgan fingerprint density at radius 3 is 2.85 bits per heavy atom. The van der Waals surface area contributed by atoms with Crippen molar-refractivity contribution < 1.29 is 14.6 Å². The van der Waals surface area contributed by atoms with Gasteiger partial charge in [0.05, 0.1) is 25.3 Å². The molecule has 0 unspecified atom stereocenters. The zero-order valence-electron chi connectivity index (χ0n) is 15.1. The number of carboxylic acid groups (broad SMARTS) is 1. The molecule has 0 spiro atoms. The highest BCUT2D eigenvalue weighted by Gasteiger charge is 2.17. The van der Waals surface area contributed by atoms with Crippen molar-refractivity contribution in [2.45, 2.75) is 52.0 Å². The fourth-order valence-corrected chi connectivity index (χ4v) is 3.65. The third-order valence-corrected chi connectivity index (χ3v) is 5.15. The van der Waals surface area contributed by atoms with E-state index in [-0.39, 0.29) is 6.42 Å². The highest BCUT2D eigenvalue weighted by atomic mass is 35.5. The Kier molecular flexibility index (Phi) is 6.20. The maximum absolute atomic E-state index is 10.8. The number of aliphatic carboxylic acids is 1. The minimum Gasteiger partial charge on any atom is -0.493 e. The second-order valence-corrected chi connectivity index (χ2v) is 7.48. The molecule has 140 valence electrons. The quantitative estimate of drug-likeness (QED) is 0.737. The van der Waals surface area contributed by atoms with Crippen LogP contribution >= 0.6 is 11.6 Å². The third-order valence-electron chi connectivity index (χ3n) is 4.92. The smallest absolute Gasteiger partial charge is 0.303 e. The summed E-state index contributed by atoms with van der Waals surface area (Å²) in [6.45, 7) is 3.27. The molecule has 0 radical (unpaired) electrons. The summed E-state index contributed by atoms with van der Waals surface area (Å²) in [7, 11) is 0. The van der Waals surface area contributed by atoms with Crippen LogP contribution in [0.25, 0.3) is 0 Å². The van der Waals surface area contributed by atoms with Gasteiger partial charge in [-0.25, -0.2) is 0 Å². The average molecular weight is 377 g/mol. The van der Waals surface area contributed by atoms with Crippen molar-refractivity contribution in [2.75, 3.05) is 6.61 Å². The van der Waals surface area contributed by atoms with Crippen molar-refractivity contribution in [1.82, 2.24) is 9.78 Å². The first-order chi connectivity index (χ1) is 12.5. The molecule has 3 rings (SSSR count). The Morgan fingerprint density at radius 2 is 2.12 bits per heavy atom. The topological polar surface area (TPSA) is 64.3 Å². The van der Waals surface area contributed by atoms with E-state index in [1.807, 2.05) is 35.9 Å². The van der Waals surface area contributed by atoms with Crippen molar-refractivity contribution in [3.63, 3.8) is 0 Å². The van der Waals surface area contributed by atoms with Gasteiger partial charge in [0.15, 0.2) is 0 Å². The van der Waals surface area contributed by atoms with Crippen LogP contribution < -0.4 is 4.74 Å². The maximum Gasteiger partial charge on any atom is 0.303 e. The lowest BCUT2D eigenvalue weighted by molar-refractivity contribution is -0.136. The first-order valence-electron chi connectivity index (χ1n) is 9.17. The summed E-state index contributed by atoms with van der Waals surface area (Å²) >= 11 is 6.19. The summed E-state index contributed by atoms with van der Waals surface area (Å²) in [4.78, 5) is 10.8. The largest absolute Gasteiger partial charge is 0.493 e. The van der Waals surface area contributed by atoms with Crippen molar-refractivity contribution in [1.29, 1.82) is 0 Å². The molecule has 1 aliphatic rings. The summed E-state index contributed by atoms with van der Waals surface area (Å²) in [6, 6.07) is 7.64. The minimum atomic E-state index is -0.811. The SMILES string of the molecule is Cc1cc(CCC(=O)O)nn1Cc1cc(Cl)ccc1OCC1CCCC1. The Morgan fingerprint density at radius 1 is 1.35 bits per heavy atom. The van der Waals surface area contributed by atoms with Crippen LogP contribution in [-0.2, 0) is 17.8 Å². The molecule has 1 aromatic carbocycles. The van der Waals surface area contributed by atoms with Crippen molar-refractivity contribution in [3.05, 3.63) is 46.2 Å². The van der Waals surface area contributed by atoms with Gasteiger partial charge in [0, 0.05) is 22.7 Å². The molecule has 0 amide bonds. The van der Waals surface area contributed by atoms with Crippen LogP contribution in [0.4, 0.5) is 0 Å². The molecule has 6 heteroatoms. The number of rotatable bonds is 8. The Bertz CT molecular complexity index is 766. The number of carboxylic acids is 1. The highest BCUT2D eigenvalue weighted by Crippen LogP contribution is 2.28. The molecule has 0 saturated heterocycles. The van der Waals surface area contributed by atoms with Crippen LogP contribution in [0.5, 0.6) is 5.75 Å². The van der Waals surface area contributed by atoms with E-state index in [1.165, 1.54) is 25.7 Å². The van der Waals surface area contributed by atoms with Crippen molar-refractivity contribution in [2.24, 2.45) is 5.92 Å². The van der Waals surface area contributed by atoms with Gasteiger partial charge >= 0.3 is 5.97 Å². The third kappa shape index (κ3) is 5.01. The standard InChI is InChI=1S/C20H25ClN2O3/c1-14-10-18(7-9-20(24)25)22-23(14)12-16-11-17(21)6-8-19(16)26-13-15-4-2-3-5-15/h6,8,10-11,15H,2-5,7,9,12-13H2,1H3,(H,24,25). The summed E-state index contributed by atoms with van der Waals surface area (Å²) in [5.41, 5.74) is 2.78. The van der Waals surface area contributed by atoms with E-state index in [2.05, 4.69) is 5.10 Å². The van der Waals surface area contributed by atoms with Crippen molar-refractivity contribution in [3.8, 4) is 5.75 Å². The van der Waals surface area contributed by atoms with Gasteiger partial charge in [-0.1, -0.05) is 24.4 Å². The molecule has 0 aliphatic heterocycles. The van der Waals surface area contributed by atoms with E-state index in [1.54, 1.807) is 0 Å². The summed E-state index contributed by atoms with van der Waals surface area (Å²) in [6.07, 6.45) is 5.61. The number of aryl methyl sites for hydroxylation is 2. The molecule has 2 aromatic rings. The molecule has 0 atom stereocenters. The molecule has 1 aliphatic carbocycles. The van der Waals surface area contributed by atoms with E-state index in [4.69, 9.17) is 21.4 Å². The van der Waals surface area contributed by atoms with Crippen LogP contribution in [0.1, 0.15) is 49.1 Å². The predicted octanol–water partition coefficient (Wildman–Crippen LogP) is 4.48. The highest BCUT2D eigenvalue weighted by molar-refractivity contribution is 6.30. The van der Waals surface area contributed by atoms with E-state index in [9.17, 15) is 4.79 Å². The molecular weight excluding hydrogens is 352 g/mol. The fourth-order valence-electron chi connectivity index (χ4n) is 3.45. The normalized spacial score (nSPS) is 14.7. The van der Waals surface area contributed by atoms with E-state index >= 15 is 0 Å². The fraction of sp³-hybridized carbons (Fsp3) is 0.500. The molecule has 1 aromatic heterocycles. The van der Waals surface area contributed by atoms with E-state index in [0.29, 0.717) is 23.9 Å². The van der Waals surface area contributed by atoms with Gasteiger partial charge in [0.2, 0.25) is 0 Å². The average Bonchev–Trinajstić information content (AvgIpc) is 3.22. The lowest BCUT2D eigenvalue weighted by Gasteiger charge is -2.15. The maximum atomic E-state index is 10.8. The molecule has 1 fully saturated rings. The molecule has 1 N–H and O–H groups in total. The Hall–Kier alpha value is -2.01. The summed E-state index contributed by atoms with van der Waals surface area (Å²) in [5.74, 6) is 0.686. The lowest BCUT2D eigenvalue weighted by Crippen LogP contribution is -2.11. The molecule has 1 saturated carbocycles. The van der Waals surface area contributed by atoms with Crippen LogP contribution in [0, 0.1) is 12.8 Å². The van der Waals surface area contributed by atoms with Gasteiger partial charge in [-0.2, -0.15) is 5.10 Å². The van der Waals surface area contributed by atoms with Gasteiger partial charge in [-0.05, 0) is 49.9 Å². The second kappa shape index (κ2) is 8.58. The predicted molar refractivity (Wildman–Crippen MR) is 101 cm³/mol. The molecule has 5 nitrogen and oxygen atoms in total. The van der Waals surface area contributed by atoms with Crippen molar-refractivity contribution >= 4 is 17.6 Å². The van der Waals surface area contributed by atoms with Gasteiger partial charge in [-0.15, -0.1) is 0 Å². The zero-order valence-corrected chi connectivity index (χ0v) is 15.8. The summed E-state index contributed by atoms with van der Waals surface area (Å²) < 4.78 is 7.98. The first kappa shape index (κ1) is 18.8. The number of ether oxygens (including phenoxy) is 1. The van der Waals surface area contributed by atoms with E-state index < -0.39 is 5.97 Å². The van der Waals surface area contributed by atoms with Crippen LogP contribution in [0.2, 0.25) is 5.02 Å². The van der Waals surface area contributed by atoms with Crippen LogP contribution in [-0.4, -0.2) is 27.5 Å². The Balaban J connectivity index is 1.71. The number of halogens is 1. The van der Waals surface area contributed by atoms with Gasteiger partial charge in [0.25, 0.3) is 0 Å². The van der Waals surface area contributed by atoms with Gasteiger partial charge in [-0.3, -0.25) is 9.48 Å². The number of hydrogen-bond acceptors (Lipinski definition) is 3. The number of hydrogen-bond donors (Lipinski definition) is 1. The number of nitrogens with zero attached hydrogens (tertiary/aromatic N) is 2. The lowest BCUT2D eigenvalue weighted by atomic mass is 10.1. The van der Waals surface area contributed by atoms with Gasteiger partial charge < -0.3 is 9.84 Å². The molecule has 1 heterocycles. The van der Waals surface area contributed by atoms with Crippen LogP contribution in [0.3, 0.4) is 0 Å². The molecule has 26 heavy (non-hydrogen) atoms. The molecule has 0 bridgehead atoms. The van der Waals surface area contributed by atoms with Crippen LogP contribution in [0.15, 0.2) is 24.3 Å².